The lowest BCUT2D eigenvalue weighted by Crippen LogP contribution is -2.43. The fourth-order valence-corrected chi connectivity index (χ4v) is 5.75. The molecule has 3 nitrogen and oxygen atoms in total. The number of aliphatic hydroxyl groups is 2. The zero-order chi connectivity index (χ0) is 27.9. The summed E-state index contributed by atoms with van der Waals surface area (Å²) in [6.45, 7) is 7.06. The van der Waals surface area contributed by atoms with Gasteiger partial charge >= 0.3 is 0 Å². The van der Waals surface area contributed by atoms with Gasteiger partial charge in [0.2, 0.25) is 0 Å². The van der Waals surface area contributed by atoms with Gasteiger partial charge in [-0.1, -0.05) is 188 Å². The molecule has 0 spiro atoms. The summed E-state index contributed by atoms with van der Waals surface area (Å²) >= 11 is 0. The molecule has 0 saturated heterocycles. The van der Waals surface area contributed by atoms with Crippen LogP contribution in [-0.2, 0) is 0 Å². The summed E-state index contributed by atoms with van der Waals surface area (Å²) in [6, 6.07) is 0. The molecule has 3 heteroatoms. The van der Waals surface area contributed by atoms with E-state index in [0.717, 1.165) is 13.0 Å². The van der Waals surface area contributed by atoms with Gasteiger partial charge in [-0.05, 0) is 19.3 Å². The van der Waals surface area contributed by atoms with Crippen LogP contribution in [0.5, 0.6) is 0 Å². The molecule has 0 aliphatic rings. The van der Waals surface area contributed by atoms with Crippen LogP contribution in [0, 0.1) is 0 Å². The van der Waals surface area contributed by atoms with E-state index in [-0.39, 0.29) is 0 Å². The first-order chi connectivity index (χ1) is 18.7. The Morgan fingerprint density at radius 3 is 0.763 bits per heavy atom. The van der Waals surface area contributed by atoms with Crippen molar-refractivity contribution in [1.82, 2.24) is 4.90 Å². The second-order valence-corrected chi connectivity index (χ2v) is 12.2. The predicted octanol–water partition coefficient (Wildman–Crippen LogP) is 11.3. The fourth-order valence-electron chi connectivity index (χ4n) is 5.75. The first-order valence-electron chi connectivity index (χ1n) is 17.8. The van der Waals surface area contributed by atoms with Gasteiger partial charge in [-0.25, -0.2) is 0 Å². The third-order valence-corrected chi connectivity index (χ3v) is 8.52. The van der Waals surface area contributed by atoms with Gasteiger partial charge < -0.3 is 10.2 Å². The highest BCUT2D eigenvalue weighted by Crippen LogP contribution is 2.17. The molecule has 0 amide bonds. The average Bonchev–Trinajstić information content (AvgIpc) is 2.93. The Balaban J connectivity index is 3.21. The smallest absolute Gasteiger partial charge is 0.109 e. The van der Waals surface area contributed by atoms with Gasteiger partial charge in [0.1, 0.15) is 12.5 Å². The Morgan fingerprint density at radius 2 is 0.553 bits per heavy atom. The highest BCUT2D eigenvalue weighted by molar-refractivity contribution is 4.64. The number of rotatable bonds is 32. The Kier molecular flexibility index (Phi) is 31.3. The van der Waals surface area contributed by atoms with Crippen LogP contribution in [0.4, 0.5) is 0 Å². The zero-order valence-electron chi connectivity index (χ0n) is 26.7. The molecule has 230 valence electrons. The lowest BCUT2D eigenvalue weighted by atomic mass is 10.0. The number of aliphatic hydroxyl groups excluding tert-OH is 2. The normalized spacial score (nSPS) is 13.4. The number of hydrogen-bond donors (Lipinski definition) is 2. The van der Waals surface area contributed by atoms with Crippen LogP contribution in [0.1, 0.15) is 207 Å². The number of nitrogens with zero attached hydrogens (tertiary/aromatic N) is 1. The summed E-state index contributed by atoms with van der Waals surface area (Å²) in [7, 11) is 0. The molecule has 38 heavy (non-hydrogen) atoms. The standard InChI is InChI=1S/C35H73NO2/c1-4-7-8-9-10-11-12-13-14-15-16-17-18-19-20-21-22-23-24-25-26-27-28-29-30-31-32-33-36(34(37)5-2)35(38)6-3/h34-35,37-38H,4-33H2,1-3H3. The topological polar surface area (TPSA) is 43.7 Å². The Morgan fingerprint density at radius 1 is 0.342 bits per heavy atom. The molecule has 0 fully saturated rings. The van der Waals surface area contributed by atoms with Crippen molar-refractivity contribution in [2.75, 3.05) is 6.54 Å². The van der Waals surface area contributed by atoms with Crippen molar-refractivity contribution >= 4 is 0 Å². The quantitative estimate of drug-likeness (QED) is 0.0659. The van der Waals surface area contributed by atoms with E-state index in [4.69, 9.17) is 0 Å². The van der Waals surface area contributed by atoms with E-state index in [1.807, 2.05) is 18.7 Å². The third kappa shape index (κ3) is 26.1. The molecule has 0 saturated carbocycles. The van der Waals surface area contributed by atoms with Crippen LogP contribution in [0.25, 0.3) is 0 Å². The molecular formula is C35H73NO2. The highest BCUT2D eigenvalue weighted by Gasteiger charge is 2.19. The monoisotopic (exact) mass is 540 g/mol. The molecule has 0 aliphatic carbocycles. The Hall–Kier alpha value is -0.120. The van der Waals surface area contributed by atoms with Crippen molar-refractivity contribution in [2.45, 2.75) is 219 Å². The van der Waals surface area contributed by atoms with Crippen LogP contribution < -0.4 is 0 Å². The summed E-state index contributed by atoms with van der Waals surface area (Å²) in [6.07, 6.45) is 38.6. The molecule has 0 aromatic rings. The molecule has 0 aromatic heterocycles. The molecule has 0 aliphatic heterocycles. The predicted molar refractivity (Wildman–Crippen MR) is 170 cm³/mol. The van der Waals surface area contributed by atoms with Gasteiger partial charge in [-0.3, -0.25) is 4.90 Å². The Bertz CT molecular complexity index is 420. The number of hydrogen-bond acceptors (Lipinski definition) is 3. The molecular weight excluding hydrogens is 466 g/mol. The summed E-state index contributed by atoms with van der Waals surface area (Å²) in [4.78, 5) is 1.86. The van der Waals surface area contributed by atoms with E-state index in [1.165, 1.54) is 167 Å². The second-order valence-electron chi connectivity index (χ2n) is 12.2. The van der Waals surface area contributed by atoms with Gasteiger partial charge in [-0.15, -0.1) is 0 Å². The molecule has 0 aromatic carbocycles. The van der Waals surface area contributed by atoms with Crippen molar-refractivity contribution in [1.29, 1.82) is 0 Å². The SMILES string of the molecule is CCCCCCCCCCCCCCCCCCCCCCCCCCCCCN(C(O)CC)C(O)CC. The maximum atomic E-state index is 10.1. The number of unbranched alkanes of at least 4 members (excludes halogenated alkanes) is 26. The zero-order valence-corrected chi connectivity index (χ0v) is 26.7. The molecule has 0 bridgehead atoms. The largest absolute Gasteiger partial charge is 0.378 e. The van der Waals surface area contributed by atoms with Crippen molar-refractivity contribution < 1.29 is 10.2 Å². The maximum absolute atomic E-state index is 10.1. The van der Waals surface area contributed by atoms with Gasteiger partial charge in [0, 0.05) is 6.54 Å². The first-order valence-corrected chi connectivity index (χ1v) is 17.8. The third-order valence-electron chi connectivity index (χ3n) is 8.52. The molecule has 0 radical (unpaired) electrons. The molecule has 2 unspecified atom stereocenters. The van der Waals surface area contributed by atoms with Crippen LogP contribution in [0.2, 0.25) is 0 Å². The van der Waals surface area contributed by atoms with E-state index in [0.29, 0.717) is 12.8 Å². The van der Waals surface area contributed by atoms with Crippen molar-refractivity contribution in [2.24, 2.45) is 0 Å². The van der Waals surface area contributed by atoms with Crippen LogP contribution in [0.15, 0.2) is 0 Å². The minimum absolute atomic E-state index is 0.506. The minimum atomic E-state index is -0.506. The van der Waals surface area contributed by atoms with Crippen LogP contribution in [0.3, 0.4) is 0 Å². The molecule has 0 heterocycles. The lowest BCUT2D eigenvalue weighted by molar-refractivity contribution is -0.104. The summed E-state index contributed by atoms with van der Waals surface area (Å²) in [5.41, 5.74) is 0. The van der Waals surface area contributed by atoms with Gasteiger partial charge in [0.15, 0.2) is 0 Å². The van der Waals surface area contributed by atoms with Crippen LogP contribution >= 0.6 is 0 Å². The van der Waals surface area contributed by atoms with E-state index < -0.39 is 12.5 Å². The van der Waals surface area contributed by atoms with Gasteiger partial charge in [0.05, 0.1) is 0 Å². The van der Waals surface area contributed by atoms with Gasteiger partial charge in [-0.2, -0.15) is 0 Å². The summed E-state index contributed by atoms with van der Waals surface area (Å²) < 4.78 is 0. The first kappa shape index (κ1) is 37.9. The average molecular weight is 540 g/mol. The minimum Gasteiger partial charge on any atom is -0.378 e. The molecule has 2 N–H and O–H groups in total. The Labute approximate surface area is 240 Å². The van der Waals surface area contributed by atoms with Crippen molar-refractivity contribution in [3.8, 4) is 0 Å². The lowest BCUT2D eigenvalue weighted by Gasteiger charge is -2.31. The molecule has 2 atom stereocenters. The van der Waals surface area contributed by atoms with Crippen molar-refractivity contribution in [3.05, 3.63) is 0 Å². The van der Waals surface area contributed by atoms with Crippen molar-refractivity contribution in [3.63, 3.8) is 0 Å². The van der Waals surface area contributed by atoms with E-state index in [1.54, 1.807) is 0 Å². The fraction of sp³-hybridized carbons (Fsp3) is 1.00. The van der Waals surface area contributed by atoms with Gasteiger partial charge in [0.25, 0.3) is 0 Å². The molecule has 0 rings (SSSR count). The summed E-state index contributed by atoms with van der Waals surface area (Å²) in [5.74, 6) is 0. The second kappa shape index (κ2) is 31.4. The summed E-state index contributed by atoms with van der Waals surface area (Å²) in [5, 5.41) is 20.2. The maximum Gasteiger partial charge on any atom is 0.109 e. The van der Waals surface area contributed by atoms with E-state index in [2.05, 4.69) is 6.92 Å². The van der Waals surface area contributed by atoms with E-state index in [9.17, 15) is 10.2 Å². The van der Waals surface area contributed by atoms with Crippen LogP contribution in [-0.4, -0.2) is 34.1 Å². The highest BCUT2D eigenvalue weighted by atomic mass is 16.3. The van der Waals surface area contributed by atoms with E-state index >= 15 is 0 Å².